The van der Waals surface area contributed by atoms with Crippen molar-refractivity contribution in [3.63, 3.8) is 0 Å². The Morgan fingerprint density at radius 3 is 2.53 bits per heavy atom. The standard InChI is InChI=1S/C13H19N3O/c1-9-4-6-16(7-5-9)13(17)11-3-2-10(14)8-12(11)15/h2-3,8-9H,4-7,14-15H2,1H3. The van der Waals surface area contributed by atoms with Crippen LogP contribution in [0, 0.1) is 5.92 Å². The molecule has 0 atom stereocenters. The van der Waals surface area contributed by atoms with Crippen molar-refractivity contribution in [2.24, 2.45) is 5.92 Å². The van der Waals surface area contributed by atoms with Crippen LogP contribution in [-0.2, 0) is 0 Å². The van der Waals surface area contributed by atoms with E-state index in [4.69, 9.17) is 11.5 Å². The molecule has 0 aliphatic carbocycles. The summed E-state index contributed by atoms with van der Waals surface area (Å²) in [5.41, 5.74) is 13.1. The average Bonchev–Trinajstić information content (AvgIpc) is 2.29. The molecule has 1 heterocycles. The van der Waals surface area contributed by atoms with Crippen LogP contribution < -0.4 is 11.5 Å². The number of nitrogens with two attached hydrogens (primary N) is 2. The lowest BCUT2D eigenvalue weighted by Gasteiger charge is -2.30. The van der Waals surface area contributed by atoms with E-state index >= 15 is 0 Å². The van der Waals surface area contributed by atoms with E-state index in [1.165, 1.54) is 0 Å². The number of likely N-dealkylation sites (tertiary alicyclic amines) is 1. The molecule has 1 fully saturated rings. The maximum atomic E-state index is 12.2. The van der Waals surface area contributed by atoms with Crippen LogP contribution in [0.25, 0.3) is 0 Å². The Labute approximate surface area is 102 Å². The first-order chi connectivity index (χ1) is 8.08. The summed E-state index contributed by atoms with van der Waals surface area (Å²) in [7, 11) is 0. The molecule has 1 saturated heterocycles. The summed E-state index contributed by atoms with van der Waals surface area (Å²) in [6.45, 7) is 3.87. The van der Waals surface area contributed by atoms with Gasteiger partial charge in [0.05, 0.1) is 5.56 Å². The number of benzene rings is 1. The average molecular weight is 233 g/mol. The predicted octanol–water partition coefficient (Wildman–Crippen LogP) is 1.72. The molecular formula is C13H19N3O. The normalized spacial score (nSPS) is 17.1. The van der Waals surface area contributed by atoms with Crippen molar-refractivity contribution in [1.29, 1.82) is 0 Å². The van der Waals surface area contributed by atoms with Gasteiger partial charge in [-0.25, -0.2) is 0 Å². The summed E-state index contributed by atoms with van der Waals surface area (Å²) in [4.78, 5) is 14.1. The Morgan fingerprint density at radius 1 is 1.29 bits per heavy atom. The SMILES string of the molecule is CC1CCN(C(=O)c2ccc(N)cc2N)CC1. The number of rotatable bonds is 1. The molecule has 4 nitrogen and oxygen atoms in total. The zero-order chi connectivity index (χ0) is 12.4. The van der Waals surface area contributed by atoms with Crippen molar-refractivity contribution < 1.29 is 4.79 Å². The molecule has 1 aromatic rings. The number of nitrogens with zero attached hydrogens (tertiary/aromatic N) is 1. The van der Waals surface area contributed by atoms with Gasteiger partial charge in [-0.1, -0.05) is 6.92 Å². The van der Waals surface area contributed by atoms with Crippen LogP contribution in [0.4, 0.5) is 11.4 Å². The Morgan fingerprint density at radius 2 is 1.94 bits per heavy atom. The highest BCUT2D eigenvalue weighted by atomic mass is 16.2. The van der Waals surface area contributed by atoms with Crippen LogP contribution in [0.5, 0.6) is 0 Å². The summed E-state index contributed by atoms with van der Waals surface area (Å²) < 4.78 is 0. The summed E-state index contributed by atoms with van der Waals surface area (Å²) in [5.74, 6) is 0.734. The highest BCUT2D eigenvalue weighted by Crippen LogP contribution is 2.22. The van der Waals surface area contributed by atoms with E-state index in [-0.39, 0.29) is 5.91 Å². The van der Waals surface area contributed by atoms with E-state index in [0.29, 0.717) is 22.9 Å². The predicted molar refractivity (Wildman–Crippen MR) is 69.6 cm³/mol. The van der Waals surface area contributed by atoms with E-state index < -0.39 is 0 Å². The molecular weight excluding hydrogens is 214 g/mol. The second-order valence-electron chi connectivity index (χ2n) is 4.82. The van der Waals surface area contributed by atoms with Gasteiger partial charge in [0.1, 0.15) is 0 Å². The minimum absolute atomic E-state index is 0.0226. The topological polar surface area (TPSA) is 72.3 Å². The van der Waals surface area contributed by atoms with Crippen molar-refractivity contribution >= 4 is 17.3 Å². The van der Waals surface area contributed by atoms with E-state index in [0.717, 1.165) is 25.9 Å². The van der Waals surface area contributed by atoms with Crippen molar-refractivity contribution in [1.82, 2.24) is 4.90 Å². The van der Waals surface area contributed by atoms with Crippen LogP contribution in [0.15, 0.2) is 18.2 Å². The summed E-state index contributed by atoms with van der Waals surface area (Å²) in [6.07, 6.45) is 2.14. The third-order valence-corrected chi connectivity index (χ3v) is 3.38. The van der Waals surface area contributed by atoms with Gasteiger partial charge in [-0.15, -0.1) is 0 Å². The molecule has 4 heteroatoms. The van der Waals surface area contributed by atoms with Gasteiger partial charge in [0.15, 0.2) is 0 Å². The molecule has 17 heavy (non-hydrogen) atoms. The van der Waals surface area contributed by atoms with Gasteiger partial charge in [-0.3, -0.25) is 4.79 Å². The molecule has 92 valence electrons. The minimum Gasteiger partial charge on any atom is -0.399 e. The molecule has 4 N–H and O–H groups in total. The Bertz CT molecular complexity index is 423. The highest BCUT2D eigenvalue weighted by molar-refractivity contribution is 5.99. The zero-order valence-corrected chi connectivity index (χ0v) is 10.1. The van der Waals surface area contributed by atoms with Gasteiger partial charge in [0, 0.05) is 24.5 Å². The Balaban J connectivity index is 2.14. The quantitative estimate of drug-likeness (QED) is 0.725. The van der Waals surface area contributed by atoms with E-state index in [2.05, 4.69) is 6.92 Å². The van der Waals surface area contributed by atoms with Crippen LogP contribution in [0.3, 0.4) is 0 Å². The number of carbonyl (C=O) groups excluding carboxylic acids is 1. The number of anilines is 2. The van der Waals surface area contributed by atoms with Crippen LogP contribution in [-0.4, -0.2) is 23.9 Å². The maximum Gasteiger partial charge on any atom is 0.255 e. The lowest BCUT2D eigenvalue weighted by molar-refractivity contribution is 0.0698. The molecule has 0 spiro atoms. The summed E-state index contributed by atoms with van der Waals surface area (Å²) >= 11 is 0. The molecule has 1 aliphatic rings. The van der Waals surface area contributed by atoms with Crippen molar-refractivity contribution in [3.8, 4) is 0 Å². The third-order valence-electron chi connectivity index (χ3n) is 3.38. The molecule has 0 radical (unpaired) electrons. The van der Waals surface area contributed by atoms with Crippen molar-refractivity contribution in [3.05, 3.63) is 23.8 Å². The zero-order valence-electron chi connectivity index (χ0n) is 10.1. The molecule has 0 bridgehead atoms. The van der Waals surface area contributed by atoms with Crippen LogP contribution >= 0.6 is 0 Å². The van der Waals surface area contributed by atoms with Crippen molar-refractivity contribution in [2.45, 2.75) is 19.8 Å². The number of nitrogen functional groups attached to an aromatic ring is 2. The number of carbonyl (C=O) groups is 1. The third kappa shape index (κ3) is 2.52. The minimum atomic E-state index is 0.0226. The van der Waals surface area contributed by atoms with E-state index in [9.17, 15) is 4.79 Å². The monoisotopic (exact) mass is 233 g/mol. The van der Waals surface area contributed by atoms with Gasteiger partial charge < -0.3 is 16.4 Å². The van der Waals surface area contributed by atoms with Gasteiger partial charge in [-0.2, -0.15) is 0 Å². The fourth-order valence-corrected chi connectivity index (χ4v) is 2.16. The lowest BCUT2D eigenvalue weighted by atomic mass is 9.98. The Hall–Kier alpha value is -1.71. The maximum absolute atomic E-state index is 12.2. The van der Waals surface area contributed by atoms with Crippen molar-refractivity contribution in [2.75, 3.05) is 24.6 Å². The van der Waals surface area contributed by atoms with Gasteiger partial charge in [0.2, 0.25) is 0 Å². The van der Waals surface area contributed by atoms with Gasteiger partial charge in [-0.05, 0) is 37.0 Å². The fraction of sp³-hybridized carbons (Fsp3) is 0.462. The summed E-state index contributed by atoms with van der Waals surface area (Å²) in [6, 6.07) is 5.07. The highest BCUT2D eigenvalue weighted by Gasteiger charge is 2.22. The first-order valence-corrected chi connectivity index (χ1v) is 6.02. The second kappa shape index (κ2) is 4.65. The van der Waals surface area contributed by atoms with Crippen LogP contribution in [0.2, 0.25) is 0 Å². The molecule has 0 saturated carbocycles. The number of hydrogen-bond donors (Lipinski definition) is 2. The van der Waals surface area contributed by atoms with E-state index in [1.54, 1.807) is 18.2 Å². The first kappa shape index (κ1) is 11.8. The lowest BCUT2D eigenvalue weighted by Crippen LogP contribution is -2.38. The van der Waals surface area contributed by atoms with Gasteiger partial charge >= 0.3 is 0 Å². The molecule has 1 amide bonds. The van der Waals surface area contributed by atoms with Crippen LogP contribution in [0.1, 0.15) is 30.1 Å². The largest absolute Gasteiger partial charge is 0.399 e. The number of piperidine rings is 1. The number of hydrogen-bond acceptors (Lipinski definition) is 3. The first-order valence-electron chi connectivity index (χ1n) is 6.02. The molecule has 0 aromatic heterocycles. The molecule has 1 aromatic carbocycles. The molecule has 2 rings (SSSR count). The smallest absolute Gasteiger partial charge is 0.255 e. The fourth-order valence-electron chi connectivity index (χ4n) is 2.16. The molecule has 1 aliphatic heterocycles. The summed E-state index contributed by atoms with van der Waals surface area (Å²) in [5, 5.41) is 0. The Kier molecular flexibility index (Phi) is 3.22. The van der Waals surface area contributed by atoms with Gasteiger partial charge in [0.25, 0.3) is 5.91 Å². The van der Waals surface area contributed by atoms with E-state index in [1.807, 2.05) is 4.90 Å². The number of amides is 1. The molecule has 0 unspecified atom stereocenters. The second-order valence-corrected chi connectivity index (χ2v) is 4.82.